The topological polar surface area (TPSA) is 52.6 Å². The van der Waals surface area contributed by atoms with Crippen LogP contribution in [0.5, 0.6) is 0 Å². The predicted molar refractivity (Wildman–Crippen MR) is 109 cm³/mol. The van der Waals surface area contributed by atoms with Crippen molar-refractivity contribution in [3.63, 3.8) is 0 Å². The normalized spacial score (nSPS) is 39.2. The number of hydrogen-bond acceptors (Lipinski definition) is 4. The molecule has 1 aliphatic carbocycles. The lowest BCUT2D eigenvalue weighted by atomic mass is 9.56. The molecule has 0 spiro atoms. The van der Waals surface area contributed by atoms with E-state index in [2.05, 4.69) is 52.0 Å². The van der Waals surface area contributed by atoms with E-state index in [1.807, 2.05) is 0 Å². The fraction of sp³-hybridized carbons (Fsp3) is 0.462. The number of ether oxygens (including phenoxy) is 2. The maximum Gasteiger partial charge on any atom is 0.146 e. The van der Waals surface area contributed by atoms with Crippen molar-refractivity contribution in [1.29, 1.82) is 0 Å². The van der Waals surface area contributed by atoms with Crippen molar-refractivity contribution in [3.8, 4) is 0 Å². The number of ketones is 2. The minimum Gasteiger partial charge on any atom is -0.364 e. The minimum absolute atomic E-state index is 0.183. The summed E-state index contributed by atoms with van der Waals surface area (Å²) >= 11 is 0. The maximum atomic E-state index is 13.9. The number of carbonyl (C=O) groups is 2. The molecule has 8 atom stereocenters. The third-order valence-electron chi connectivity index (χ3n) is 8.56. The van der Waals surface area contributed by atoms with Gasteiger partial charge < -0.3 is 9.47 Å². The zero-order valence-corrected chi connectivity index (χ0v) is 17.6. The lowest BCUT2D eigenvalue weighted by Crippen LogP contribution is -2.50. The van der Waals surface area contributed by atoms with E-state index >= 15 is 0 Å². The van der Waals surface area contributed by atoms with Crippen LogP contribution in [0.3, 0.4) is 0 Å². The fourth-order valence-corrected chi connectivity index (χ4v) is 7.37. The second-order valence-electron chi connectivity index (χ2n) is 9.92. The number of fused-ring (bicyclic) bond motifs is 16. The van der Waals surface area contributed by atoms with E-state index in [4.69, 9.17) is 9.47 Å². The van der Waals surface area contributed by atoms with Crippen molar-refractivity contribution < 1.29 is 19.1 Å². The molecule has 1 saturated carbocycles. The molecule has 7 rings (SSSR count). The molecule has 2 aromatic carbocycles. The Balaban J connectivity index is 1.40. The summed E-state index contributed by atoms with van der Waals surface area (Å²) in [5, 5.41) is 0. The van der Waals surface area contributed by atoms with E-state index in [0.29, 0.717) is 0 Å². The van der Waals surface area contributed by atoms with Crippen molar-refractivity contribution in [2.24, 2.45) is 23.7 Å². The molecule has 4 nitrogen and oxygen atoms in total. The molecule has 0 radical (unpaired) electrons. The van der Waals surface area contributed by atoms with Crippen LogP contribution in [0.4, 0.5) is 0 Å². The van der Waals surface area contributed by atoms with E-state index in [1.165, 1.54) is 0 Å². The van der Waals surface area contributed by atoms with Crippen LogP contribution in [0.2, 0.25) is 0 Å². The number of aryl methyl sites for hydroxylation is 4. The number of rotatable bonds is 0. The summed E-state index contributed by atoms with van der Waals surface area (Å²) in [6.45, 7) is 8.33. The smallest absolute Gasteiger partial charge is 0.146 e. The number of benzene rings is 2. The molecule has 4 bridgehead atoms. The van der Waals surface area contributed by atoms with Gasteiger partial charge in [0.15, 0.2) is 0 Å². The van der Waals surface area contributed by atoms with Crippen LogP contribution < -0.4 is 0 Å². The quantitative estimate of drug-likeness (QED) is 0.654. The van der Waals surface area contributed by atoms with Gasteiger partial charge in [-0.25, -0.2) is 0 Å². The van der Waals surface area contributed by atoms with Crippen LogP contribution in [-0.4, -0.2) is 11.6 Å². The molecule has 0 amide bonds. The zero-order valence-electron chi connectivity index (χ0n) is 17.6. The van der Waals surface area contributed by atoms with E-state index in [0.717, 1.165) is 44.5 Å². The summed E-state index contributed by atoms with van der Waals surface area (Å²) in [7, 11) is 0. The second-order valence-corrected chi connectivity index (χ2v) is 9.92. The molecular weight excluding hydrogens is 376 g/mol. The first-order valence-corrected chi connectivity index (χ1v) is 11.0. The van der Waals surface area contributed by atoms with Crippen molar-refractivity contribution in [1.82, 2.24) is 0 Å². The molecular formula is C26H24O4. The van der Waals surface area contributed by atoms with Crippen molar-refractivity contribution >= 4 is 11.6 Å². The molecule has 152 valence electrons. The SMILES string of the molecule is Cc1ccc(C)c2c1C1OC2C2C(=O)C3C4OC(c5c(C)ccc(C)c54)C3C(=O)C12. The average molecular weight is 400 g/mol. The third kappa shape index (κ3) is 1.71. The first-order chi connectivity index (χ1) is 14.4. The van der Waals surface area contributed by atoms with E-state index in [1.54, 1.807) is 0 Å². The molecule has 4 heteroatoms. The molecule has 2 saturated heterocycles. The Morgan fingerprint density at radius 2 is 0.733 bits per heavy atom. The van der Waals surface area contributed by atoms with Crippen LogP contribution in [0, 0.1) is 51.4 Å². The molecule has 3 fully saturated rings. The summed E-state index contributed by atoms with van der Waals surface area (Å²) in [5.41, 5.74) is 9.23. The summed E-state index contributed by atoms with van der Waals surface area (Å²) in [6.07, 6.45) is -1.15. The van der Waals surface area contributed by atoms with Gasteiger partial charge in [0.25, 0.3) is 0 Å². The van der Waals surface area contributed by atoms with Crippen LogP contribution in [0.1, 0.15) is 68.9 Å². The highest BCUT2D eigenvalue weighted by Crippen LogP contribution is 2.68. The van der Waals surface area contributed by atoms with Gasteiger partial charge in [-0.2, -0.15) is 0 Å². The van der Waals surface area contributed by atoms with Gasteiger partial charge in [-0.3, -0.25) is 9.59 Å². The first kappa shape index (κ1) is 17.4. The molecule has 30 heavy (non-hydrogen) atoms. The lowest BCUT2D eigenvalue weighted by molar-refractivity contribution is -0.147. The maximum absolute atomic E-state index is 13.9. The van der Waals surface area contributed by atoms with Gasteiger partial charge in [0, 0.05) is 0 Å². The minimum atomic E-state index is -0.367. The molecule has 5 aliphatic rings. The molecule has 4 heterocycles. The predicted octanol–water partition coefficient (Wildman–Crippen LogP) is 4.49. The van der Waals surface area contributed by atoms with Crippen LogP contribution >= 0.6 is 0 Å². The van der Waals surface area contributed by atoms with Crippen molar-refractivity contribution in [3.05, 3.63) is 68.8 Å². The number of carbonyl (C=O) groups excluding carboxylic acids is 2. The van der Waals surface area contributed by atoms with Gasteiger partial charge in [-0.15, -0.1) is 0 Å². The van der Waals surface area contributed by atoms with Gasteiger partial charge in [0.2, 0.25) is 0 Å². The molecule has 2 aromatic rings. The van der Waals surface area contributed by atoms with Crippen molar-refractivity contribution in [2.75, 3.05) is 0 Å². The summed E-state index contributed by atoms with van der Waals surface area (Å²) < 4.78 is 12.8. The van der Waals surface area contributed by atoms with Crippen LogP contribution in [0.25, 0.3) is 0 Å². The van der Waals surface area contributed by atoms with E-state index < -0.39 is 0 Å². The Labute approximate surface area is 175 Å². The van der Waals surface area contributed by atoms with Crippen molar-refractivity contribution in [2.45, 2.75) is 52.1 Å². The Hall–Kier alpha value is -2.30. The first-order valence-electron chi connectivity index (χ1n) is 11.0. The highest BCUT2D eigenvalue weighted by molar-refractivity contribution is 6.03. The van der Waals surface area contributed by atoms with Gasteiger partial charge in [0.1, 0.15) is 11.6 Å². The zero-order chi connectivity index (χ0) is 20.6. The van der Waals surface area contributed by atoms with Crippen LogP contribution in [-0.2, 0) is 19.1 Å². The Bertz CT molecular complexity index is 1010. The Morgan fingerprint density at radius 1 is 0.500 bits per heavy atom. The van der Waals surface area contributed by atoms with Gasteiger partial charge in [-0.05, 0) is 72.2 Å². The van der Waals surface area contributed by atoms with Gasteiger partial charge in [-0.1, -0.05) is 24.3 Å². The van der Waals surface area contributed by atoms with E-state index in [-0.39, 0.29) is 59.7 Å². The fourth-order valence-electron chi connectivity index (χ4n) is 7.37. The average Bonchev–Trinajstić information content (AvgIpc) is 3.47. The van der Waals surface area contributed by atoms with Gasteiger partial charge >= 0.3 is 0 Å². The lowest BCUT2D eigenvalue weighted by Gasteiger charge is -2.41. The monoisotopic (exact) mass is 400 g/mol. The highest BCUT2D eigenvalue weighted by Gasteiger charge is 2.70. The number of hydrogen-bond donors (Lipinski definition) is 0. The highest BCUT2D eigenvalue weighted by atomic mass is 16.5. The Morgan fingerprint density at radius 3 is 0.967 bits per heavy atom. The summed E-state index contributed by atoms with van der Waals surface area (Å²) in [4.78, 5) is 27.8. The third-order valence-corrected chi connectivity index (χ3v) is 8.56. The Kier molecular flexibility index (Phi) is 3.07. The second kappa shape index (κ2) is 5.30. The summed E-state index contributed by atoms with van der Waals surface area (Å²) in [6, 6.07) is 8.42. The standard InChI is InChI=1S/C26H24O4/c1-9-5-6-10(2)14-13(9)23-17-18(24(14)29-23)22(28)20-19(21(17)27)25-15-11(3)7-8-12(4)16(15)26(20)30-25/h5-8,17-20,23-26H,1-4H3. The molecule has 8 unspecified atom stereocenters. The summed E-state index contributed by atoms with van der Waals surface area (Å²) in [5.74, 6) is -1.10. The molecule has 4 aliphatic heterocycles. The molecule has 0 aromatic heterocycles. The van der Waals surface area contributed by atoms with E-state index in [9.17, 15) is 9.59 Å². The molecule has 0 N–H and O–H groups in total. The van der Waals surface area contributed by atoms with Gasteiger partial charge in [0.05, 0.1) is 48.1 Å². The van der Waals surface area contributed by atoms with Crippen LogP contribution in [0.15, 0.2) is 24.3 Å². The number of Topliss-reactive ketones (excluding diaryl/α,β-unsaturated/α-hetero) is 2. The largest absolute Gasteiger partial charge is 0.364 e.